The van der Waals surface area contributed by atoms with Gasteiger partial charge in [0.25, 0.3) is 0 Å². The number of thioether (sulfide) groups is 1. The number of halogens is 1. The highest BCUT2D eigenvalue weighted by molar-refractivity contribution is 7.99. The van der Waals surface area contributed by atoms with Crippen LogP contribution < -0.4 is 0 Å². The van der Waals surface area contributed by atoms with Crippen LogP contribution in [0.1, 0.15) is 25.7 Å². The van der Waals surface area contributed by atoms with Gasteiger partial charge in [0.15, 0.2) is 0 Å². The van der Waals surface area contributed by atoms with Crippen LogP contribution in [0.15, 0.2) is 29.2 Å². The van der Waals surface area contributed by atoms with Gasteiger partial charge in [-0.1, -0.05) is 30.5 Å². The summed E-state index contributed by atoms with van der Waals surface area (Å²) in [5.41, 5.74) is 0. The lowest BCUT2D eigenvalue weighted by molar-refractivity contribution is 0.133. The molecule has 1 N–H and O–H groups in total. The van der Waals surface area contributed by atoms with E-state index < -0.39 is 0 Å². The van der Waals surface area contributed by atoms with Crippen molar-refractivity contribution in [1.29, 1.82) is 0 Å². The Morgan fingerprint density at radius 3 is 2.81 bits per heavy atom. The van der Waals surface area contributed by atoms with Gasteiger partial charge in [-0.3, -0.25) is 0 Å². The van der Waals surface area contributed by atoms with Gasteiger partial charge in [0.1, 0.15) is 0 Å². The average molecular weight is 257 g/mol. The fraction of sp³-hybridized carbons (Fsp3) is 0.538. The lowest BCUT2D eigenvalue weighted by Gasteiger charge is -2.16. The number of rotatable bonds is 4. The fourth-order valence-corrected chi connectivity index (χ4v) is 3.49. The average Bonchev–Trinajstić information content (AvgIpc) is 2.79. The Hall–Kier alpha value is -0.180. The van der Waals surface area contributed by atoms with E-state index in [1.54, 1.807) is 11.8 Å². The van der Waals surface area contributed by atoms with E-state index in [4.69, 9.17) is 11.6 Å². The molecule has 1 nitrogen and oxygen atoms in total. The van der Waals surface area contributed by atoms with Crippen LogP contribution in [-0.4, -0.2) is 17.0 Å². The van der Waals surface area contributed by atoms with Crippen LogP contribution in [0.25, 0.3) is 0 Å². The minimum Gasteiger partial charge on any atom is -0.392 e. The molecule has 1 saturated carbocycles. The summed E-state index contributed by atoms with van der Waals surface area (Å²) in [5.74, 6) is 1.30. The molecule has 1 fully saturated rings. The van der Waals surface area contributed by atoms with Gasteiger partial charge < -0.3 is 5.11 Å². The van der Waals surface area contributed by atoms with Crippen molar-refractivity contribution < 1.29 is 5.11 Å². The van der Waals surface area contributed by atoms with Crippen molar-refractivity contribution in [1.82, 2.24) is 0 Å². The fourth-order valence-electron chi connectivity index (χ4n) is 2.22. The normalized spacial score (nSPS) is 18.9. The lowest BCUT2D eigenvalue weighted by atomic mass is 10.0. The smallest absolute Gasteiger partial charge is 0.0662 e. The molecule has 0 amide bonds. The van der Waals surface area contributed by atoms with Crippen molar-refractivity contribution in [2.75, 3.05) is 5.75 Å². The monoisotopic (exact) mass is 256 g/mol. The van der Waals surface area contributed by atoms with E-state index in [0.29, 0.717) is 5.92 Å². The SMILES string of the molecule is OC(CSc1cccc(Cl)c1)C1CCCC1. The van der Waals surface area contributed by atoms with Gasteiger partial charge in [-0.25, -0.2) is 0 Å². The first-order valence-electron chi connectivity index (χ1n) is 5.82. The van der Waals surface area contributed by atoms with Crippen LogP contribution in [0.2, 0.25) is 5.02 Å². The van der Waals surface area contributed by atoms with E-state index in [-0.39, 0.29) is 6.10 Å². The maximum atomic E-state index is 10.0. The van der Waals surface area contributed by atoms with Crippen molar-refractivity contribution in [3.8, 4) is 0 Å². The summed E-state index contributed by atoms with van der Waals surface area (Å²) in [5, 5.41) is 10.8. The highest BCUT2D eigenvalue weighted by atomic mass is 35.5. The number of aliphatic hydroxyl groups excluding tert-OH is 1. The predicted molar refractivity (Wildman–Crippen MR) is 70.1 cm³/mol. The van der Waals surface area contributed by atoms with Gasteiger partial charge >= 0.3 is 0 Å². The summed E-state index contributed by atoms with van der Waals surface area (Å²) in [6.07, 6.45) is 4.79. The molecule has 3 heteroatoms. The van der Waals surface area contributed by atoms with E-state index in [9.17, 15) is 5.11 Å². The molecule has 16 heavy (non-hydrogen) atoms. The van der Waals surface area contributed by atoms with E-state index in [2.05, 4.69) is 0 Å². The summed E-state index contributed by atoms with van der Waals surface area (Å²) in [7, 11) is 0. The van der Waals surface area contributed by atoms with Gasteiger partial charge in [-0.05, 0) is 37.0 Å². The Kier molecular flexibility index (Phi) is 4.56. The molecule has 1 aromatic rings. The van der Waals surface area contributed by atoms with Crippen LogP contribution in [0.5, 0.6) is 0 Å². The van der Waals surface area contributed by atoms with Gasteiger partial charge in [-0.15, -0.1) is 11.8 Å². The van der Waals surface area contributed by atoms with E-state index >= 15 is 0 Å². The summed E-state index contributed by atoms with van der Waals surface area (Å²) < 4.78 is 0. The van der Waals surface area contributed by atoms with Crippen LogP contribution in [-0.2, 0) is 0 Å². The third-order valence-electron chi connectivity index (χ3n) is 3.16. The zero-order valence-electron chi connectivity index (χ0n) is 9.23. The highest BCUT2D eigenvalue weighted by Crippen LogP contribution is 2.31. The Morgan fingerprint density at radius 1 is 1.38 bits per heavy atom. The number of benzene rings is 1. The molecular formula is C13H17ClOS. The molecule has 1 unspecified atom stereocenters. The molecule has 1 aliphatic rings. The van der Waals surface area contributed by atoms with E-state index in [1.807, 2.05) is 24.3 Å². The van der Waals surface area contributed by atoms with Crippen molar-refractivity contribution in [2.24, 2.45) is 5.92 Å². The third-order valence-corrected chi connectivity index (χ3v) is 4.49. The van der Waals surface area contributed by atoms with E-state index in [0.717, 1.165) is 15.7 Å². The zero-order valence-corrected chi connectivity index (χ0v) is 10.8. The molecule has 1 aliphatic carbocycles. The van der Waals surface area contributed by atoms with Crippen LogP contribution >= 0.6 is 23.4 Å². The van der Waals surface area contributed by atoms with Crippen molar-refractivity contribution in [3.05, 3.63) is 29.3 Å². The molecule has 0 spiro atoms. The van der Waals surface area contributed by atoms with Crippen molar-refractivity contribution in [2.45, 2.75) is 36.7 Å². The molecular weight excluding hydrogens is 240 g/mol. The summed E-state index contributed by atoms with van der Waals surface area (Å²) in [6.45, 7) is 0. The topological polar surface area (TPSA) is 20.2 Å². The Labute approximate surface area is 106 Å². The van der Waals surface area contributed by atoms with Crippen molar-refractivity contribution in [3.63, 3.8) is 0 Å². The van der Waals surface area contributed by atoms with Gasteiger partial charge in [0.05, 0.1) is 6.10 Å². The van der Waals surface area contributed by atoms with Gasteiger partial charge in [0, 0.05) is 15.7 Å². The Morgan fingerprint density at radius 2 is 2.12 bits per heavy atom. The standard InChI is InChI=1S/C13H17ClOS/c14-11-6-3-7-12(8-11)16-9-13(15)10-4-1-2-5-10/h3,6-8,10,13,15H,1-2,4-5,9H2. The molecule has 0 aliphatic heterocycles. The van der Waals surface area contributed by atoms with Crippen LogP contribution in [0, 0.1) is 5.92 Å². The maximum Gasteiger partial charge on any atom is 0.0662 e. The number of hydrogen-bond donors (Lipinski definition) is 1. The number of aliphatic hydroxyl groups is 1. The second-order valence-corrected chi connectivity index (χ2v) is 5.91. The van der Waals surface area contributed by atoms with Crippen LogP contribution in [0.3, 0.4) is 0 Å². The molecule has 0 radical (unpaired) electrons. The molecule has 0 saturated heterocycles. The lowest BCUT2D eigenvalue weighted by Crippen LogP contribution is -2.20. The first kappa shape index (κ1) is 12.3. The highest BCUT2D eigenvalue weighted by Gasteiger charge is 2.22. The second kappa shape index (κ2) is 5.95. The second-order valence-electron chi connectivity index (χ2n) is 4.38. The summed E-state index contributed by atoms with van der Waals surface area (Å²) in [4.78, 5) is 1.14. The third kappa shape index (κ3) is 3.41. The van der Waals surface area contributed by atoms with Crippen molar-refractivity contribution >= 4 is 23.4 Å². The predicted octanol–water partition coefficient (Wildman–Crippen LogP) is 3.98. The summed E-state index contributed by atoms with van der Waals surface area (Å²) >= 11 is 7.61. The molecule has 0 aromatic heterocycles. The van der Waals surface area contributed by atoms with E-state index in [1.165, 1.54) is 25.7 Å². The number of hydrogen-bond acceptors (Lipinski definition) is 2. The molecule has 88 valence electrons. The quantitative estimate of drug-likeness (QED) is 0.823. The zero-order chi connectivity index (χ0) is 11.4. The first-order chi connectivity index (χ1) is 7.75. The molecule has 2 rings (SSSR count). The minimum absolute atomic E-state index is 0.161. The first-order valence-corrected chi connectivity index (χ1v) is 7.18. The molecule has 0 bridgehead atoms. The van der Waals surface area contributed by atoms with Gasteiger partial charge in [-0.2, -0.15) is 0 Å². The Bertz CT molecular complexity index is 336. The maximum absolute atomic E-state index is 10.0. The molecule has 0 heterocycles. The van der Waals surface area contributed by atoms with Gasteiger partial charge in [0.2, 0.25) is 0 Å². The van der Waals surface area contributed by atoms with Crippen LogP contribution in [0.4, 0.5) is 0 Å². The largest absolute Gasteiger partial charge is 0.392 e. The minimum atomic E-state index is -0.161. The molecule has 1 atom stereocenters. The Balaban J connectivity index is 1.82. The summed E-state index contributed by atoms with van der Waals surface area (Å²) in [6, 6.07) is 7.82. The molecule has 1 aromatic carbocycles.